The molecule has 1 heterocycles. The Kier molecular flexibility index (Phi) is 6.71. The van der Waals surface area contributed by atoms with Crippen LogP contribution in [0.1, 0.15) is 56.5 Å². The largest absolute Gasteiger partial charge is 0.383 e. The molecule has 1 aromatic heterocycles. The van der Waals surface area contributed by atoms with Crippen LogP contribution in [0.15, 0.2) is 0 Å². The molecule has 0 aromatic carbocycles. The van der Waals surface area contributed by atoms with Crippen LogP contribution in [0.5, 0.6) is 0 Å². The van der Waals surface area contributed by atoms with Crippen LogP contribution in [-0.2, 0) is 30.7 Å². The van der Waals surface area contributed by atoms with E-state index in [4.69, 9.17) is 9.84 Å². The fraction of sp³-hybridized carbons (Fsp3) is 0.824. The van der Waals surface area contributed by atoms with Gasteiger partial charge < -0.3 is 10.1 Å². The Balaban J connectivity index is 2.07. The summed E-state index contributed by atoms with van der Waals surface area (Å²) in [7, 11) is 1.75. The molecule has 0 unspecified atom stereocenters. The quantitative estimate of drug-likeness (QED) is 0.712. The molecular formula is C17H31N3O. The summed E-state index contributed by atoms with van der Waals surface area (Å²) in [6.45, 7) is 8.16. The zero-order valence-electron chi connectivity index (χ0n) is 14.0. The van der Waals surface area contributed by atoms with Crippen LogP contribution in [0.2, 0.25) is 0 Å². The first kappa shape index (κ1) is 16.5. The Morgan fingerprint density at radius 3 is 2.62 bits per heavy atom. The van der Waals surface area contributed by atoms with Crippen molar-refractivity contribution in [2.24, 2.45) is 5.92 Å². The molecule has 0 radical (unpaired) electrons. The lowest BCUT2D eigenvalue weighted by Gasteiger charge is -2.13. The van der Waals surface area contributed by atoms with E-state index >= 15 is 0 Å². The van der Waals surface area contributed by atoms with Crippen molar-refractivity contribution in [1.29, 1.82) is 0 Å². The van der Waals surface area contributed by atoms with E-state index in [1.54, 1.807) is 7.11 Å². The van der Waals surface area contributed by atoms with Crippen molar-refractivity contribution in [3.63, 3.8) is 0 Å². The van der Waals surface area contributed by atoms with Crippen LogP contribution in [0.4, 0.5) is 0 Å². The van der Waals surface area contributed by atoms with Crippen LogP contribution >= 0.6 is 0 Å². The summed E-state index contributed by atoms with van der Waals surface area (Å²) >= 11 is 0. The molecule has 1 aromatic rings. The minimum absolute atomic E-state index is 0.763. The first-order chi connectivity index (χ1) is 10.3. The number of hydrogen-bond donors (Lipinski definition) is 1. The van der Waals surface area contributed by atoms with E-state index in [2.05, 4.69) is 23.8 Å². The number of aromatic nitrogens is 2. The third-order valence-electron chi connectivity index (χ3n) is 4.61. The monoisotopic (exact) mass is 293 g/mol. The summed E-state index contributed by atoms with van der Waals surface area (Å²) in [6, 6.07) is 0. The number of nitrogens with one attached hydrogen (secondary N) is 1. The van der Waals surface area contributed by atoms with Gasteiger partial charge in [0.25, 0.3) is 0 Å². The zero-order valence-corrected chi connectivity index (χ0v) is 14.0. The molecule has 0 spiro atoms. The van der Waals surface area contributed by atoms with Gasteiger partial charge in [-0.2, -0.15) is 5.10 Å². The highest BCUT2D eigenvalue weighted by Crippen LogP contribution is 2.27. The SMILES string of the molecule is CCc1nn(CC2CCCC2)c(CC)c1CNCCOC. The minimum atomic E-state index is 0.763. The maximum Gasteiger partial charge on any atom is 0.0669 e. The van der Waals surface area contributed by atoms with Crippen molar-refractivity contribution < 1.29 is 4.74 Å². The fourth-order valence-electron chi connectivity index (χ4n) is 3.45. The van der Waals surface area contributed by atoms with Gasteiger partial charge in [0, 0.05) is 38.0 Å². The molecular weight excluding hydrogens is 262 g/mol. The van der Waals surface area contributed by atoms with Gasteiger partial charge in [-0.3, -0.25) is 4.68 Å². The molecule has 0 amide bonds. The molecule has 1 aliphatic rings. The molecule has 1 fully saturated rings. The van der Waals surface area contributed by atoms with Crippen molar-refractivity contribution in [2.45, 2.75) is 65.5 Å². The van der Waals surface area contributed by atoms with Crippen molar-refractivity contribution in [1.82, 2.24) is 15.1 Å². The molecule has 1 N–H and O–H groups in total. The second kappa shape index (κ2) is 8.54. The van der Waals surface area contributed by atoms with Crippen LogP contribution < -0.4 is 5.32 Å². The average Bonchev–Trinajstić information content (AvgIpc) is 3.11. The number of hydrogen-bond acceptors (Lipinski definition) is 3. The molecule has 4 nitrogen and oxygen atoms in total. The lowest BCUT2D eigenvalue weighted by molar-refractivity contribution is 0.199. The maximum absolute atomic E-state index is 5.10. The molecule has 2 rings (SSSR count). The average molecular weight is 293 g/mol. The Morgan fingerprint density at radius 1 is 1.24 bits per heavy atom. The first-order valence-corrected chi connectivity index (χ1v) is 8.57. The van der Waals surface area contributed by atoms with Crippen molar-refractivity contribution in [3.8, 4) is 0 Å². The van der Waals surface area contributed by atoms with Crippen LogP contribution in [-0.4, -0.2) is 30.0 Å². The van der Waals surface area contributed by atoms with Gasteiger partial charge in [-0.25, -0.2) is 0 Å². The highest BCUT2D eigenvalue weighted by Gasteiger charge is 2.20. The lowest BCUT2D eigenvalue weighted by Crippen LogP contribution is -2.20. The van der Waals surface area contributed by atoms with E-state index in [9.17, 15) is 0 Å². The van der Waals surface area contributed by atoms with E-state index in [1.165, 1.54) is 42.6 Å². The van der Waals surface area contributed by atoms with Gasteiger partial charge in [0.2, 0.25) is 0 Å². The van der Waals surface area contributed by atoms with Gasteiger partial charge in [-0.05, 0) is 31.6 Å². The standard InChI is InChI=1S/C17H31N3O/c1-4-16-15(12-18-10-11-21-3)17(5-2)20(19-16)13-14-8-6-7-9-14/h14,18H,4-13H2,1-3H3. The lowest BCUT2D eigenvalue weighted by atomic mass is 10.1. The number of rotatable bonds is 9. The van der Waals surface area contributed by atoms with Gasteiger partial charge in [0.1, 0.15) is 0 Å². The van der Waals surface area contributed by atoms with E-state index in [-0.39, 0.29) is 0 Å². The smallest absolute Gasteiger partial charge is 0.0669 e. The van der Waals surface area contributed by atoms with E-state index in [0.29, 0.717) is 0 Å². The Hall–Kier alpha value is -0.870. The van der Waals surface area contributed by atoms with Crippen molar-refractivity contribution >= 4 is 0 Å². The van der Waals surface area contributed by atoms with Gasteiger partial charge >= 0.3 is 0 Å². The number of nitrogens with zero attached hydrogens (tertiary/aromatic N) is 2. The van der Waals surface area contributed by atoms with Crippen LogP contribution in [0.25, 0.3) is 0 Å². The highest BCUT2D eigenvalue weighted by atomic mass is 16.5. The molecule has 0 saturated heterocycles. The van der Waals surface area contributed by atoms with E-state index in [1.807, 2.05) is 0 Å². The Morgan fingerprint density at radius 2 is 2.00 bits per heavy atom. The van der Waals surface area contributed by atoms with Crippen molar-refractivity contribution in [2.75, 3.05) is 20.3 Å². The molecule has 0 bridgehead atoms. The van der Waals surface area contributed by atoms with Gasteiger partial charge in [0.05, 0.1) is 12.3 Å². The summed E-state index contributed by atoms with van der Waals surface area (Å²) in [5.74, 6) is 0.842. The third kappa shape index (κ3) is 4.30. The van der Waals surface area contributed by atoms with Gasteiger partial charge in [-0.15, -0.1) is 0 Å². The Bertz CT molecular complexity index is 422. The van der Waals surface area contributed by atoms with E-state index in [0.717, 1.165) is 45.0 Å². The fourth-order valence-corrected chi connectivity index (χ4v) is 3.45. The van der Waals surface area contributed by atoms with Gasteiger partial charge in [-0.1, -0.05) is 26.7 Å². The number of methoxy groups -OCH3 is 1. The topological polar surface area (TPSA) is 39.1 Å². The summed E-state index contributed by atoms with van der Waals surface area (Å²) in [5.41, 5.74) is 4.13. The summed E-state index contributed by atoms with van der Waals surface area (Å²) in [5, 5.41) is 8.39. The van der Waals surface area contributed by atoms with Gasteiger partial charge in [0.15, 0.2) is 0 Å². The summed E-state index contributed by atoms with van der Waals surface area (Å²) in [4.78, 5) is 0. The molecule has 0 aliphatic heterocycles. The highest BCUT2D eigenvalue weighted by molar-refractivity contribution is 5.26. The predicted octanol–water partition coefficient (Wildman–Crippen LogP) is 2.93. The van der Waals surface area contributed by atoms with Crippen LogP contribution in [0.3, 0.4) is 0 Å². The Labute approximate surface area is 129 Å². The van der Waals surface area contributed by atoms with Crippen molar-refractivity contribution in [3.05, 3.63) is 17.0 Å². The molecule has 21 heavy (non-hydrogen) atoms. The zero-order chi connectivity index (χ0) is 15.1. The summed E-state index contributed by atoms with van der Waals surface area (Å²) < 4.78 is 7.41. The molecule has 1 aliphatic carbocycles. The van der Waals surface area contributed by atoms with E-state index < -0.39 is 0 Å². The number of aryl methyl sites for hydroxylation is 1. The molecule has 0 atom stereocenters. The normalized spacial score (nSPS) is 16.0. The second-order valence-corrected chi connectivity index (χ2v) is 6.08. The summed E-state index contributed by atoms with van der Waals surface area (Å²) in [6.07, 6.45) is 7.66. The molecule has 4 heteroatoms. The number of ether oxygens (including phenoxy) is 1. The maximum atomic E-state index is 5.10. The third-order valence-corrected chi connectivity index (χ3v) is 4.61. The first-order valence-electron chi connectivity index (χ1n) is 8.57. The minimum Gasteiger partial charge on any atom is -0.383 e. The predicted molar refractivity (Wildman–Crippen MR) is 86.5 cm³/mol. The second-order valence-electron chi connectivity index (χ2n) is 6.08. The molecule has 120 valence electrons. The van der Waals surface area contributed by atoms with Crippen LogP contribution in [0, 0.1) is 5.92 Å². The molecule has 1 saturated carbocycles.